The molecule has 7 nitrogen and oxygen atoms in total. The van der Waals surface area contributed by atoms with Gasteiger partial charge in [-0.25, -0.2) is 0 Å². The van der Waals surface area contributed by atoms with Crippen LogP contribution in [0, 0.1) is 0 Å². The fraction of sp³-hybridized carbons (Fsp3) is 0.200. The molecule has 3 aromatic rings. The van der Waals surface area contributed by atoms with Gasteiger partial charge in [0.25, 0.3) is 0 Å². The smallest absolute Gasteiger partial charge is 0.232 e. The van der Waals surface area contributed by atoms with Crippen molar-refractivity contribution >= 4 is 22.6 Å². The maximum atomic E-state index is 12.9. The highest BCUT2D eigenvalue weighted by Gasteiger charge is 2.44. The van der Waals surface area contributed by atoms with Crippen molar-refractivity contribution in [2.24, 2.45) is 0 Å². The number of H-pyrrole nitrogens is 1. The van der Waals surface area contributed by atoms with Crippen LogP contribution >= 0.6 is 0 Å². The number of rotatable bonds is 2. The zero-order valence-electron chi connectivity index (χ0n) is 14.4. The van der Waals surface area contributed by atoms with Crippen LogP contribution in [-0.4, -0.2) is 35.4 Å². The summed E-state index contributed by atoms with van der Waals surface area (Å²) < 4.78 is 11.3. The number of carbonyl (C=O) groups excluding carboxylic acids is 2. The van der Waals surface area contributed by atoms with E-state index < -0.39 is 12.0 Å². The Morgan fingerprint density at radius 2 is 2.07 bits per heavy atom. The molecule has 1 amide bonds. The summed E-state index contributed by atoms with van der Waals surface area (Å²) in [7, 11) is 1.47. The predicted octanol–water partition coefficient (Wildman–Crippen LogP) is 2.41. The number of phenols is 1. The van der Waals surface area contributed by atoms with Crippen molar-refractivity contribution in [1.29, 1.82) is 0 Å². The average molecular weight is 364 g/mol. The van der Waals surface area contributed by atoms with Gasteiger partial charge in [0.2, 0.25) is 5.91 Å². The number of ether oxygens (including phenoxy) is 2. The Morgan fingerprint density at radius 3 is 2.89 bits per heavy atom. The molecule has 0 saturated carbocycles. The Labute approximate surface area is 153 Å². The highest BCUT2D eigenvalue weighted by Crippen LogP contribution is 2.51. The van der Waals surface area contributed by atoms with Gasteiger partial charge < -0.3 is 24.9 Å². The first-order chi connectivity index (χ1) is 13.1. The van der Waals surface area contributed by atoms with Gasteiger partial charge in [0, 0.05) is 28.2 Å². The Balaban J connectivity index is 1.74. The van der Waals surface area contributed by atoms with Crippen LogP contribution in [-0.2, 0) is 4.79 Å². The zero-order chi connectivity index (χ0) is 18.7. The van der Waals surface area contributed by atoms with E-state index in [4.69, 9.17) is 9.47 Å². The van der Waals surface area contributed by atoms with E-state index in [-0.39, 0.29) is 24.0 Å². The van der Waals surface area contributed by atoms with Crippen molar-refractivity contribution in [3.05, 3.63) is 53.2 Å². The maximum absolute atomic E-state index is 12.9. The summed E-state index contributed by atoms with van der Waals surface area (Å²) in [6.45, 7) is -0.0580. The summed E-state index contributed by atoms with van der Waals surface area (Å²) in [4.78, 5) is 28.5. The van der Waals surface area contributed by atoms with E-state index in [1.807, 2.05) is 12.1 Å². The number of Topliss-reactive ketones (excluding diaryl/α,β-unsaturated/α-hetero) is 1. The van der Waals surface area contributed by atoms with Crippen LogP contribution in [0.1, 0.15) is 33.5 Å². The number of hydrogen-bond acceptors (Lipinski definition) is 5. The summed E-state index contributed by atoms with van der Waals surface area (Å²) in [6.07, 6.45) is 1.09. The van der Waals surface area contributed by atoms with E-state index in [2.05, 4.69) is 10.3 Å². The molecule has 3 N–H and O–H groups in total. The van der Waals surface area contributed by atoms with Crippen molar-refractivity contribution in [1.82, 2.24) is 10.3 Å². The van der Waals surface area contributed by atoms with Crippen molar-refractivity contribution < 1.29 is 24.2 Å². The van der Waals surface area contributed by atoms with Crippen LogP contribution in [0.25, 0.3) is 10.9 Å². The number of aromatic hydroxyl groups is 1. The van der Waals surface area contributed by atoms with Crippen LogP contribution in [0.15, 0.2) is 36.5 Å². The lowest BCUT2D eigenvalue weighted by molar-refractivity contribution is -0.123. The summed E-state index contributed by atoms with van der Waals surface area (Å²) in [5.41, 5.74) is 2.77. The molecule has 2 aliphatic heterocycles. The lowest BCUT2D eigenvalue weighted by atomic mass is 9.86. The molecule has 2 aliphatic rings. The second-order valence-corrected chi connectivity index (χ2v) is 6.69. The molecule has 0 fully saturated rings. The Bertz CT molecular complexity index is 1120. The maximum Gasteiger partial charge on any atom is 0.232 e. The monoisotopic (exact) mass is 364 g/mol. The number of hydrogen-bond donors (Lipinski definition) is 3. The van der Waals surface area contributed by atoms with Gasteiger partial charge in [0.15, 0.2) is 17.3 Å². The van der Waals surface area contributed by atoms with Gasteiger partial charge in [-0.1, -0.05) is 6.07 Å². The molecule has 3 heterocycles. The molecule has 0 spiro atoms. The summed E-state index contributed by atoms with van der Waals surface area (Å²) in [6, 6.07) is 8.55. The third-order valence-electron chi connectivity index (χ3n) is 5.25. The van der Waals surface area contributed by atoms with Gasteiger partial charge in [-0.3, -0.25) is 9.59 Å². The van der Waals surface area contributed by atoms with E-state index in [1.165, 1.54) is 13.2 Å². The zero-order valence-corrected chi connectivity index (χ0v) is 14.4. The summed E-state index contributed by atoms with van der Waals surface area (Å²) in [5.74, 6) is -0.119. The van der Waals surface area contributed by atoms with E-state index >= 15 is 0 Å². The molecule has 1 aromatic heterocycles. The van der Waals surface area contributed by atoms with Gasteiger partial charge in [0.1, 0.15) is 17.8 Å². The van der Waals surface area contributed by atoms with Crippen LogP contribution in [0.3, 0.4) is 0 Å². The normalized spacial score (nSPS) is 20.8. The van der Waals surface area contributed by atoms with Gasteiger partial charge >= 0.3 is 0 Å². The number of benzene rings is 2. The van der Waals surface area contributed by atoms with Crippen molar-refractivity contribution in [3.8, 4) is 17.2 Å². The molecule has 0 saturated heterocycles. The minimum atomic E-state index is -0.611. The number of carbonyl (C=O) groups is 2. The first kappa shape index (κ1) is 15.7. The standard InChI is InChI=1S/C20H16N2O5/c1-26-15-6-9(2-4-12(15)23)19-18-17-14(27-19)5-3-11-16(17)10(7-21-11)13(24)8-22-20(18)25/h2-7,18-19,21,23H,8H2,1H3,(H,22,25)/t18-,19+/m1/s1. The summed E-state index contributed by atoms with van der Waals surface area (Å²) in [5, 5.41) is 13.3. The highest BCUT2D eigenvalue weighted by molar-refractivity contribution is 6.13. The number of aromatic nitrogens is 1. The molecular weight excluding hydrogens is 348 g/mol. The molecule has 136 valence electrons. The molecular formula is C20H16N2O5. The first-order valence-corrected chi connectivity index (χ1v) is 8.57. The largest absolute Gasteiger partial charge is 0.504 e. The van der Waals surface area contributed by atoms with Gasteiger partial charge in [-0.15, -0.1) is 0 Å². The van der Waals surface area contributed by atoms with Gasteiger partial charge in [-0.2, -0.15) is 0 Å². The molecule has 2 aromatic carbocycles. The SMILES string of the molecule is COc1cc([C@@H]2Oc3ccc4[nH]cc5c4c3[C@H]2C(=O)NCC5=O)ccc1O. The molecule has 0 bridgehead atoms. The molecule has 0 radical (unpaired) electrons. The number of methoxy groups -OCH3 is 1. The lowest BCUT2D eigenvalue weighted by Crippen LogP contribution is -2.36. The Hall–Kier alpha value is -3.48. The highest BCUT2D eigenvalue weighted by atomic mass is 16.5. The molecule has 2 atom stereocenters. The van der Waals surface area contributed by atoms with E-state index in [1.54, 1.807) is 18.3 Å². The van der Waals surface area contributed by atoms with Gasteiger partial charge in [0.05, 0.1) is 13.7 Å². The predicted molar refractivity (Wildman–Crippen MR) is 96.4 cm³/mol. The van der Waals surface area contributed by atoms with E-state index in [9.17, 15) is 14.7 Å². The summed E-state index contributed by atoms with van der Waals surface area (Å²) >= 11 is 0. The third-order valence-corrected chi connectivity index (χ3v) is 5.25. The molecule has 0 unspecified atom stereocenters. The fourth-order valence-corrected chi connectivity index (χ4v) is 3.99. The van der Waals surface area contributed by atoms with Crippen LogP contribution < -0.4 is 14.8 Å². The van der Waals surface area contributed by atoms with Crippen molar-refractivity contribution in [2.45, 2.75) is 12.0 Å². The third kappa shape index (κ3) is 2.14. The van der Waals surface area contributed by atoms with E-state index in [0.717, 1.165) is 10.9 Å². The molecule has 27 heavy (non-hydrogen) atoms. The minimum absolute atomic E-state index is 0.0137. The number of amides is 1. The van der Waals surface area contributed by atoms with Gasteiger partial charge in [-0.05, 0) is 29.8 Å². The number of nitrogens with one attached hydrogen (secondary N) is 2. The molecule has 7 heteroatoms. The van der Waals surface area contributed by atoms with Crippen LogP contribution in [0.5, 0.6) is 17.2 Å². The topological polar surface area (TPSA) is 101 Å². The quantitative estimate of drug-likeness (QED) is 0.648. The van der Waals surface area contributed by atoms with E-state index in [0.29, 0.717) is 28.2 Å². The molecule has 5 rings (SSSR count). The first-order valence-electron chi connectivity index (χ1n) is 8.57. The van der Waals surface area contributed by atoms with Crippen molar-refractivity contribution in [3.63, 3.8) is 0 Å². The second kappa shape index (κ2) is 5.51. The molecule has 0 aliphatic carbocycles. The lowest BCUT2D eigenvalue weighted by Gasteiger charge is -2.21. The average Bonchev–Trinajstić information content (AvgIpc) is 3.26. The van der Waals surface area contributed by atoms with Crippen molar-refractivity contribution in [2.75, 3.05) is 13.7 Å². The fourth-order valence-electron chi connectivity index (χ4n) is 3.99. The number of phenolic OH excluding ortho intramolecular Hbond substituents is 1. The Kier molecular flexibility index (Phi) is 3.21. The van der Waals surface area contributed by atoms with Crippen LogP contribution in [0.4, 0.5) is 0 Å². The minimum Gasteiger partial charge on any atom is -0.504 e. The second-order valence-electron chi connectivity index (χ2n) is 6.69. The van der Waals surface area contributed by atoms with Crippen LogP contribution in [0.2, 0.25) is 0 Å². The number of ketones is 1. The Morgan fingerprint density at radius 1 is 1.22 bits per heavy atom. The number of aromatic amines is 1.